The molecule has 0 bridgehead atoms. The summed E-state index contributed by atoms with van der Waals surface area (Å²) in [5.41, 5.74) is 2.27. The number of fused-ring (bicyclic) bond motifs is 3. The van der Waals surface area contributed by atoms with Crippen molar-refractivity contribution < 1.29 is 14.3 Å². The minimum absolute atomic E-state index is 0.103. The van der Waals surface area contributed by atoms with Crippen molar-refractivity contribution in [3.05, 3.63) is 59.8 Å². The van der Waals surface area contributed by atoms with Crippen molar-refractivity contribution in [3.63, 3.8) is 0 Å². The van der Waals surface area contributed by atoms with Crippen LogP contribution in [0.3, 0.4) is 0 Å². The first-order chi connectivity index (χ1) is 15.4. The molecule has 1 atom stereocenters. The van der Waals surface area contributed by atoms with Gasteiger partial charge >= 0.3 is 0 Å². The maximum Gasteiger partial charge on any atom is 0.275 e. The monoisotopic (exact) mass is 431 g/mol. The van der Waals surface area contributed by atoms with Crippen LogP contribution >= 0.6 is 0 Å². The van der Waals surface area contributed by atoms with E-state index in [0.29, 0.717) is 12.2 Å². The third-order valence-corrected chi connectivity index (χ3v) is 6.96. The van der Waals surface area contributed by atoms with Crippen LogP contribution in [-0.2, 0) is 11.3 Å². The Morgan fingerprint density at radius 2 is 1.81 bits per heavy atom. The van der Waals surface area contributed by atoms with Crippen molar-refractivity contribution in [2.24, 2.45) is 0 Å². The molecule has 1 saturated carbocycles. The lowest BCUT2D eigenvalue weighted by atomic mass is 9.93. The zero-order chi connectivity index (χ0) is 22.5. The number of hydrogen-bond donors (Lipinski definition) is 1. The maximum atomic E-state index is 13.9. The average molecular weight is 432 g/mol. The van der Waals surface area contributed by atoms with Crippen LogP contribution in [0, 0.1) is 6.92 Å². The van der Waals surface area contributed by atoms with Gasteiger partial charge in [-0.25, -0.2) is 0 Å². The van der Waals surface area contributed by atoms with Crippen LogP contribution in [0.15, 0.2) is 48.5 Å². The van der Waals surface area contributed by atoms with Crippen molar-refractivity contribution in [2.45, 2.75) is 57.7 Å². The lowest BCUT2D eigenvalue weighted by molar-refractivity contribution is -0.127. The number of anilines is 1. The molecule has 0 spiro atoms. The van der Waals surface area contributed by atoms with Gasteiger partial charge in [-0.15, -0.1) is 0 Å². The molecule has 5 rings (SSSR count). The summed E-state index contributed by atoms with van der Waals surface area (Å²) < 4.78 is 7.38. The molecule has 2 amide bonds. The van der Waals surface area contributed by atoms with Gasteiger partial charge in [-0.3, -0.25) is 14.5 Å². The Balaban J connectivity index is 1.64. The SMILES string of the molecule is COc1ccc2cc3n(c2c1)C[C@@](C)(C(=O)NC1CCCC1)N(c1ccc(C)cc1)C3=O. The van der Waals surface area contributed by atoms with Gasteiger partial charge in [-0.2, -0.15) is 0 Å². The highest BCUT2D eigenvalue weighted by atomic mass is 16.5. The number of methoxy groups -OCH3 is 1. The van der Waals surface area contributed by atoms with Gasteiger partial charge in [0.2, 0.25) is 5.91 Å². The summed E-state index contributed by atoms with van der Waals surface area (Å²) in [7, 11) is 1.63. The van der Waals surface area contributed by atoms with Crippen molar-refractivity contribution in [1.29, 1.82) is 0 Å². The zero-order valence-corrected chi connectivity index (χ0v) is 18.9. The van der Waals surface area contributed by atoms with E-state index in [2.05, 4.69) is 5.32 Å². The molecule has 1 fully saturated rings. The molecule has 1 aliphatic heterocycles. The van der Waals surface area contributed by atoms with Crippen molar-refractivity contribution in [1.82, 2.24) is 9.88 Å². The Labute approximate surface area is 188 Å². The molecule has 32 heavy (non-hydrogen) atoms. The van der Waals surface area contributed by atoms with Gasteiger partial charge in [0.1, 0.15) is 17.0 Å². The maximum absolute atomic E-state index is 13.9. The summed E-state index contributed by atoms with van der Waals surface area (Å²) in [6, 6.07) is 15.7. The van der Waals surface area contributed by atoms with Crippen LogP contribution in [-0.4, -0.2) is 35.1 Å². The minimum atomic E-state index is -1.06. The first-order valence-corrected chi connectivity index (χ1v) is 11.3. The first kappa shape index (κ1) is 20.6. The average Bonchev–Trinajstić information content (AvgIpc) is 3.42. The zero-order valence-electron chi connectivity index (χ0n) is 18.9. The Bertz CT molecular complexity index is 1190. The van der Waals surface area contributed by atoms with E-state index in [-0.39, 0.29) is 17.9 Å². The molecule has 1 N–H and O–H groups in total. The summed E-state index contributed by atoms with van der Waals surface area (Å²) in [5.74, 6) is 0.456. The van der Waals surface area contributed by atoms with Crippen molar-refractivity contribution >= 4 is 28.4 Å². The predicted molar refractivity (Wildman–Crippen MR) is 125 cm³/mol. The number of aryl methyl sites for hydroxylation is 1. The highest BCUT2D eigenvalue weighted by Gasteiger charge is 2.49. The fraction of sp³-hybridized carbons (Fsp3) is 0.385. The number of nitrogens with one attached hydrogen (secondary N) is 1. The number of nitrogens with zero attached hydrogens (tertiary/aromatic N) is 2. The van der Waals surface area contributed by atoms with E-state index < -0.39 is 5.54 Å². The molecule has 166 valence electrons. The number of rotatable bonds is 4. The molecular formula is C26H29N3O3. The van der Waals surface area contributed by atoms with Crippen LogP contribution < -0.4 is 15.0 Å². The Morgan fingerprint density at radius 3 is 2.50 bits per heavy atom. The molecule has 1 aromatic heterocycles. The third kappa shape index (κ3) is 3.25. The van der Waals surface area contributed by atoms with Crippen LogP contribution in [0.4, 0.5) is 5.69 Å². The minimum Gasteiger partial charge on any atom is -0.497 e. The van der Waals surface area contributed by atoms with Crippen molar-refractivity contribution in [2.75, 3.05) is 12.0 Å². The molecule has 3 aromatic rings. The molecule has 6 heteroatoms. The first-order valence-electron chi connectivity index (χ1n) is 11.3. The number of carbonyl (C=O) groups excluding carboxylic acids is 2. The van der Waals surface area contributed by atoms with E-state index >= 15 is 0 Å². The topological polar surface area (TPSA) is 63.6 Å². The smallest absolute Gasteiger partial charge is 0.275 e. The predicted octanol–water partition coefficient (Wildman–Crippen LogP) is 4.44. The third-order valence-electron chi connectivity index (χ3n) is 6.96. The van der Waals surface area contributed by atoms with Crippen LogP contribution in [0.2, 0.25) is 0 Å². The molecular weight excluding hydrogens is 402 g/mol. The molecule has 0 radical (unpaired) electrons. The molecule has 6 nitrogen and oxygen atoms in total. The molecule has 0 unspecified atom stereocenters. The van der Waals surface area contributed by atoms with Gasteiger partial charge in [0, 0.05) is 23.2 Å². The molecule has 2 aliphatic rings. The van der Waals surface area contributed by atoms with E-state index in [1.165, 1.54) is 0 Å². The number of benzene rings is 2. The van der Waals surface area contributed by atoms with Gasteiger partial charge in [-0.1, -0.05) is 30.5 Å². The Hall–Kier alpha value is -3.28. The summed E-state index contributed by atoms with van der Waals surface area (Å²) in [4.78, 5) is 29.3. The number of amides is 2. The van der Waals surface area contributed by atoms with Crippen LogP contribution in [0.1, 0.15) is 48.7 Å². The van der Waals surface area contributed by atoms with Gasteiger partial charge < -0.3 is 14.6 Å². The second kappa shape index (κ2) is 7.69. The number of carbonyl (C=O) groups is 2. The quantitative estimate of drug-likeness (QED) is 0.664. The lowest BCUT2D eigenvalue weighted by Crippen LogP contribution is -2.65. The van der Waals surface area contributed by atoms with E-state index in [0.717, 1.165) is 53.6 Å². The highest BCUT2D eigenvalue weighted by molar-refractivity contribution is 6.14. The van der Waals surface area contributed by atoms with Crippen LogP contribution in [0.25, 0.3) is 10.9 Å². The molecule has 2 heterocycles. The lowest BCUT2D eigenvalue weighted by Gasteiger charge is -2.44. The molecule has 2 aromatic carbocycles. The van der Waals surface area contributed by atoms with E-state index in [9.17, 15) is 9.59 Å². The second-order valence-electron chi connectivity index (χ2n) is 9.25. The summed E-state index contributed by atoms with van der Waals surface area (Å²) in [6.45, 7) is 4.26. The normalized spacial score (nSPS) is 21.1. The summed E-state index contributed by atoms with van der Waals surface area (Å²) in [5, 5.41) is 4.20. The number of ether oxygens (including phenoxy) is 1. The fourth-order valence-corrected chi connectivity index (χ4v) is 5.11. The molecule has 1 aliphatic carbocycles. The van der Waals surface area contributed by atoms with Crippen LogP contribution in [0.5, 0.6) is 5.75 Å². The van der Waals surface area contributed by atoms with Gasteiger partial charge in [-0.05, 0) is 57.0 Å². The number of hydrogen-bond acceptors (Lipinski definition) is 3. The van der Waals surface area contributed by atoms with E-state index in [1.807, 2.05) is 66.9 Å². The fourth-order valence-electron chi connectivity index (χ4n) is 5.11. The van der Waals surface area contributed by atoms with Crippen molar-refractivity contribution in [3.8, 4) is 5.75 Å². The van der Waals surface area contributed by atoms with E-state index in [4.69, 9.17) is 4.74 Å². The number of aromatic nitrogens is 1. The summed E-state index contributed by atoms with van der Waals surface area (Å²) >= 11 is 0. The Morgan fingerprint density at radius 1 is 1.09 bits per heavy atom. The molecule has 0 saturated heterocycles. The largest absolute Gasteiger partial charge is 0.497 e. The van der Waals surface area contributed by atoms with E-state index in [1.54, 1.807) is 12.0 Å². The highest BCUT2D eigenvalue weighted by Crippen LogP contribution is 2.37. The Kier molecular flexibility index (Phi) is 4.96. The van der Waals surface area contributed by atoms with Gasteiger partial charge in [0.15, 0.2) is 0 Å². The van der Waals surface area contributed by atoms with Gasteiger partial charge in [0.05, 0.1) is 19.2 Å². The second-order valence-corrected chi connectivity index (χ2v) is 9.25. The standard InChI is InChI=1S/C26H29N3O3/c1-17-8-11-20(12-9-17)29-24(30)23-14-18-10-13-21(32-3)15-22(18)28(23)16-26(29,2)25(31)27-19-6-4-5-7-19/h8-15,19H,4-7,16H2,1-3H3,(H,27,31)/t26-/m0/s1. The summed E-state index contributed by atoms with van der Waals surface area (Å²) in [6.07, 6.45) is 4.26. The van der Waals surface area contributed by atoms with Gasteiger partial charge in [0.25, 0.3) is 5.91 Å².